The van der Waals surface area contributed by atoms with Crippen LogP contribution >= 0.6 is 12.4 Å². The minimum atomic E-state index is -0.362. The second kappa shape index (κ2) is 8.19. The molecule has 0 aromatic heterocycles. The molecular weight excluding hydrogens is 320 g/mol. The highest BCUT2D eigenvalue weighted by Crippen LogP contribution is 2.36. The van der Waals surface area contributed by atoms with E-state index in [0.29, 0.717) is 0 Å². The smallest absolute Gasteiger partial charge is 0.118 e. The molecule has 24 heavy (non-hydrogen) atoms. The highest BCUT2D eigenvalue weighted by molar-refractivity contribution is 5.85. The molecule has 4 heteroatoms. The molecule has 0 aliphatic carbocycles. The van der Waals surface area contributed by atoms with Crippen molar-refractivity contribution in [2.24, 2.45) is 0 Å². The van der Waals surface area contributed by atoms with Gasteiger partial charge in [-0.15, -0.1) is 12.4 Å². The van der Waals surface area contributed by atoms with Gasteiger partial charge in [-0.05, 0) is 36.1 Å². The highest BCUT2D eigenvalue weighted by Gasteiger charge is 2.36. The Labute approximate surface area is 150 Å². The molecule has 2 aromatic carbocycles. The van der Waals surface area contributed by atoms with Crippen LogP contribution in [0.5, 0.6) is 5.75 Å². The molecular formula is C20H23ClN2O. The van der Waals surface area contributed by atoms with Crippen molar-refractivity contribution in [2.45, 2.75) is 24.8 Å². The van der Waals surface area contributed by atoms with Crippen LogP contribution in [0, 0.1) is 11.3 Å². The molecule has 0 spiro atoms. The Morgan fingerprint density at radius 3 is 2.21 bits per heavy atom. The number of nitriles is 1. The zero-order valence-corrected chi connectivity index (χ0v) is 14.8. The molecule has 0 unspecified atom stereocenters. The van der Waals surface area contributed by atoms with Crippen LogP contribution in [-0.2, 0) is 12.0 Å². The van der Waals surface area contributed by atoms with Crippen molar-refractivity contribution in [2.75, 3.05) is 20.2 Å². The predicted molar refractivity (Wildman–Crippen MR) is 98.5 cm³/mol. The number of rotatable bonds is 4. The van der Waals surface area contributed by atoms with Gasteiger partial charge in [0.05, 0.1) is 18.6 Å². The molecule has 2 aromatic rings. The van der Waals surface area contributed by atoms with Crippen LogP contribution in [0.4, 0.5) is 0 Å². The molecule has 1 heterocycles. The van der Waals surface area contributed by atoms with E-state index in [9.17, 15) is 5.26 Å². The number of piperidine rings is 1. The first kappa shape index (κ1) is 18.3. The fourth-order valence-electron chi connectivity index (χ4n) is 3.31. The fraction of sp³-hybridized carbons (Fsp3) is 0.350. The van der Waals surface area contributed by atoms with Crippen molar-refractivity contribution in [3.63, 3.8) is 0 Å². The number of hydrogen-bond donors (Lipinski definition) is 0. The van der Waals surface area contributed by atoms with Crippen molar-refractivity contribution in [1.29, 1.82) is 5.26 Å². The Bertz CT molecular complexity index is 671. The van der Waals surface area contributed by atoms with Crippen LogP contribution in [-0.4, -0.2) is 25.1 Å². The molecule has 0 saturated carbocycles. The maximum Gasteiger partial charge on any atom is 0.118 e. The number of ether oxygens (including phenoxy) is 1. The molecule has 0 atom stereocenters. The van der Waals surface area contributed by atoms with Crippen LogP contribution in [0.1, 0.15) is 24.0 Å². The molecule has 1 fully saturated rings. The molecule has 0 bridgehead atoms. The van der Waals surface area contributed by atoms with E-state index in [0.717, 1.165) is 43.8 Å². The van der Waals surface area contributed by atoms with Gasteiger partial charge < -0.3 is 4.74 Å². The summed E-state index contributed by atoms with van der Waals surface area (Å²) in [7, 11) is 1.66. The summed E-state index contributed by atoms with van der Waals surface area (Å²) in [6, 6.07) is 21.1. The molecule has 0 amide bonds. The Hall–Kier alpha value is -2.02. The Balaban J connectivity index is 0.00000208. The number of methoxy groups -OCH3 is 1. The van der Waals surface area contributed by atoms with Gasteiger partial charge in [0, 0.05) is 19.6 Å². The zero-order chi connectivity index (χ0) is 16.1. The highest BCUT2D eigenvalue weighted by atomic mass is 35.5. The second-order valence-electron chi connectivity index (χ2n) is 6.18. The summed E-state index contributed by atoms with van der Waals surface area (Å²) < 4.78 is 5.22. The van der Waals surface area contributed by atoms with E-state index in [1.165, 1.54) is 5.56 Å². The van der Waals surface area contributed by atoms with Crippen molar-refractivity contribution in [1.82, 2.24) is 4.90 Å². The molecule has 3 rings (SSSR count). The van der Waals surface area contributed by atoms with Gasteiger partial charge in [0.15, 0.2) is 0 Å². The zero-order valence-electron chi connectivity index (χ0n) is 13.9. The predicted octanol–water partition coefficient (Wildman–Crippen LogP) is 4.17. The summed E-state index contributed by atoms with van der Waals surface area (Å²) in [5.41, 5.74) is 2.08. The lowest BCUT2D eigenvalue weighted by Gasteiger charge is -2.37. The van der Waals surface area contributed by atoms with Crippen LogP contribution in [0.2, 0.25) is 0 Å². The van der Waals surface area contributed by atoms with E-state index < -0.39 is 0 Å². The lowest BCUT2D eigenvalue weighted by atomic mass is 9.74. The van der Waals surface area contributed by atoms with Crippen molar-refractivity contribution in [3.8, 4) is 11.8 Å². The number of halogens is 1. The van der Waals surface area contributed by atoms with Gasteiger partial charge in [0.1, 0.15) is 5.75 Å². The summed E-state index contributed by atoms with van der Waals surface area (Å²) in [5, 5.41) is 9.80. The maximum absolute atomic E-state index is 9.80. The SMILES string of the molecule is COc1ccc(C2(C#N)CCN(Cc3ccccc3)CC2)cc1.Cl. The van der Waals surface area contributed by atoms with Gasteiger partial charge in [0.2, 0.25) is 0 Å². The standard InChI is InChI=1S/C20H22N2O.ClH/c1-23-19-9-7-18(8-10-19)20(16-21)11-13-22(14-12-20)15-17-5-3-2-4-6-17;/h2-10H,11-15H2,1H3;1H. The minimum Gasteiger partial charge on any atom is -0.497 e. The number of nitrogens with zero attached hydrogens (tertiary/aromatic N) is 2. The van der Waals surface area contributed by atoms with Crippen LogP contribution in [0.25, 0.3) is 0 Å². The van der Waals surface area contributed by atoms with Gasteiger partial charge in [-0.2, -0.15) is 5.26 Å². The second-order valence-corrected chi connectivity index (χ2v) is 6.18. The lowest BCUT2D eigenvalue weighted by Crippen LogP contribution is -2.41. The summed E-state index contributed by atoms with van der Waals surface area (Å²) >= 11 is 0. The Morgan fingerprint density at radius 2 is 1.67 bits per heavy atom. The molecule has 1 saturated heterocycles. The molecule has 0 N–H and O–H groups in total. The van der Waals surface area contributed by atoms with E-state index in [1.54, 1.807) is 7.11 Å². The average Bonchev–Trinajstić information content (AvgIpc) is 2.63. The molecule has 1 aliphatic rings. The maximum atomic E-state index is 9.80. The first-order chi connectivity index (χ1) is 11.3. The van der Waals surface area contributed by atoms with Gasteiger partial charge >= 0.3 is 0 Å². The molecule has 1 aliphatic heterocycles. The minimum absolute atomic E-state index is 0. The van der Waals surface area contributed by atoms with E-state index in [1.807, 2.05) is 30.3 Å². The fourth-order valence-corrected chi connectivity index (χ4v) is 3.31. The molecule has 0 radical (unpaired) electrons. The third kappa shape index (κ3) is 3.90. The first-order valence-electron chi connectivity index (χ1n) is 8.08. The number of likely N-dealkylation sites (tertiary alicyclic amines) is 1. The number of hydrogen-bond acceptors (Lipinski definition) is 3. The van der Waals surface area contributed by atoms with E-state index in [2.05, 4.69) is 35.2 Å². The van der Waals surface area contributed by atoms with Crippen molar-refractivity contribution in [3.05, 3.63) is 65.7 Å². The quantitative estimate of drug-likeness (QED) is 0.836. The van der Waals surface area contributed by atoms with Crippen LogP contribution < -0.4 is 4.74 Å². The Morgan fingerprint density at radius 1 is 1.04 bits per heavy atom. The summed E-state index contributed by atoms with van der Waals surface area (Å²) in [4.78, 5) is 2.44. The molecule has 126 valence electrons. The van der Waals surface area contributed by atoms with Gasteiger partial charge in [-0.1, -0.05) is 42.5 Å². The Kier molecular flexibility index (Phi) is 6.25. The third-order valence-corrected chi connectivity index (χ3v) is 4.82. The van der Waals surface area contributed by atoms with Gasteiger partial charge in [-0.3, -0.25) is 4.90 Å². The first-order valence-corrected chi connectivity index (χ1v) is 8.08. The summed E-state index contributed by atoms with van der Waals surface area (Å²) in [6.07, 6.45) is 1.76. The molecule has 3 nitrogen and oxygen atoms in total. The summed E-state index contributed by atoms with van der Waals surface area (Å²) in [6.45, 7) is 2.87. The van der Waals surface area contributed by atoms with Crippen LogP contribution in [0.15, 0.2) is 54.6 Å². The van der Waals surface area contributed by atoms with E-state index in [4.69, 9.17) is 4.74 Å². The number of benzene rings is 2. The average molecular weight is 343 g/mol. The summed E-state index contributed by atoms with van der Waals surface area (Å²) in [5.74, 6) is 0.836. The lowest BCUT2D eigenvalue weighted by molar-refractivity contribution is 0.179. The normalized spacial score (nSPS) is 16.7. The van der Waals surface area contributed by atoms with Crippen molar-refractivity contribution >= 4 is 12.4 Å². The monoisotopic (exact) mass is 342 g/mol. The topological polar surface area (TPSA) is 36.3 Å². The van der Waals surface area contributed by atoms with Crippen LogP contribution in [0.3, 0.4) is 0 Å². The third-order valence-electron chi connectivity index (χ3n) is 4.82. The van der Waals surface area contributed by atoms with Gasteiger partial charge in [0.25, 0.3) is 0 Å². The van der Waals surface area contributed by atoms with Gasteiger partial charge in [-0.25, -0.2) is 0 Å². The van der Waals surface area contributed by atoms with E-state index in [-0.39, 0.29) is 17.8 Å². The largest absolute Gasteiger partial charge is 0.497 e. The van der Waals surface area contributed by atoms with Crippen molar-refractivity contribution < 1.29 is 4.74 Å². The van der Waals surface area contributed by atoms with E-state index >= 15 is 0 Å².